The van der Waals surface area contributed by atoms with Gasteiger partial charge in [-0.25, -0.2) is 4.98 Å². The van der Waals surface area contributed by atoms with Crippen molar-refractivity contribution in [1.29, 1.82) is 0 Å². The lowest BCUT2D eigenvalue weighted by Crippen LogP contribution is -2.39. The summed E-state index contributed by atoms with van der Waals surface area (Å²) in [6.45, 7) is 2.72. The smallest absolute Gasteiger partial charge is 0.213 e. The fourth-order valence-electron chi connectivity index (χ4n) is 2.45. The standard InChI is InChI=1S/C12H17IN4OS/c1-12(18)4-2-8(3-5-12)14-7-10-16-17-9(13)6-15-11(17)19-10/h6,8,14,18H,2-5,7H2,1H3. The zero-order valence-corrected chi connectivity index (χ0v) is 13.7. The van der Waals surface area contributed by atoms with E-state index in [1.807, 2.05) is 17.6 Å². The Morgan fingerprint density at radius 3 is 3.00 bits per heavy atom. The van der Waals surface area contributed by atoms with Crippen LogP contribution in [-0.2, 0) is 6.54 Å². The van der Waals surface area contributed by atoms with Crippen molar-refractivity contribution in [3.63, 3.8) is 0 Å². The molecule has 2 heterocycles. The van der Waals surface area contributed by atoms with Gasteiger partial charge in [0.2, 0.25) is 4.96 Å². The quantitative estimate of drug-likeness (QED) is 0.787. The molecule has 2 aromatic rings. The normalized spacial score (nSPS) is 28.1. The molecule has 104 valence electrons. The van der Waals surface area contributed by atoms with Crippen LogP contribution in [0.1, 0.15) is 37.6 Å². The van der Waals surface area contributed by atoms with E-state index in [9.17, 15) is 5.11 Å². The highest BCUT2D eigenvalue weighted by molar-refractivity contribution is 14.1. The Balaban J connectivity index is 1.57. The molecule has 0 atom stereocenters. The van der Waals surface area contributed by atoms with Gasteiger partial charge in [-0.1, -0.05) is 11.3 Å². The molecular weight excluding hydrogens is 375 g/mol. The third-order valence-corrected chi connectivity index (χ3v) is 5.35. The fourth-order valence-corrected chi connectivity index (χ4v) is 3.91. The third-order valence-electron chi connectivity index (χ3n) is 3.69. The molecule has 2 N–H and O–H groups in total. The maximum absolute atomic E-state index is 9.93. The number of nitrogens with one attached hydrogen (secondary N) is 1. The van der Waals surface area contributed by atoms with E-state index in [0.29, 0.717) is 6.04 Å². The fraction of sp³-hybridized carbons (Fsp3) is 0.667. The molecule has 7 heteroatoms. The predicted octanol–water partition coefficient (Wildman–Crippen LogP) is 2.18. The van der Waals surface area contributed by atoms with Crippen LogP contribution in [0.25, 0.3) is 4.96 Å². The first-order valence-corrected chi connectivity index (χ1v) is 8.38. The van der Waals surface area contributed by atoms with Crippen LogP contribution in [0.5, 0.6) is 0 Å². The summed E-state index contributed by atoms with van der Waals surface area (Å²) >= 11 is 3.87. The summed E-state index contributed by atoms with van der Waals surface area (Å²) in [5.41, 5.74) is -0.462. The summed E-state index contributed by atoms with van der Waals surface area (Å²) in [5, 5.41) is 19.1. The Labute approximate surface area is 129 Å². The molecule has 3 rings (SSSR count). The van der Waals surface area contributed by atoms with Gasteiger partial charge in [0.05, 0.1) is 11.8 Å². The van der Waals surface area contributed by atoms with Crippen LogP contribution in [0.3, 0.4) is 0 Å². The molecule has 0 amide bonds. The topological polar surface area (TPSA) is 62.5 Å². The van der Waals surface area contributed by atoms with Gasteiger partial charge < -0.3 is 10.4 Å². The number of fused-ring (bicyclic) bond motifs is 1. The average molecular weight is 392 g/mol. The molecule has 1 saturated carbocycles. The second-order valence-corrected chi connectivity index (χ2v) is 7.57. The van der Waals surface area contributed by atoms with Crippen molar-refractivity contribution in [1.82, 2.24) is 19.9 Å². The largest absolute Gasteiger partial charge is 0.390 e. The zero-order valence-electron chi connectivity index (χ0n) is 10.8. The van der Waals surface area contributed by atoms with Gasteiger partial charge in [0.1, 0.15) is 8.71 Å². The van der Waals surface area contributed by atoms with Crippen molar-refractivity contribution in [3.05, 3.63) is 14.9 Å². The monoisotopic (exact) mass is 392 g/mol. The first kappa shape index (κ1) is 13.7. The van der Waals surface area contributed by atoms with E-state index in [2.05, 4.69) is 38.0 Å². The molecule has 1 aliphatic carbocycles. The number of rotatable bonds is 3. The lowest BCUT2D eigenvalue weighted by molar-refractivity contribution is 0.0140. The number of hydrogen-bond acceptors (Lipinski definition) is 5. The van der Waals surface area contributed by atoms with Gasteiger partial charge in [0, 0.05) is 12.6 Å². The van der Waals surface area contributed by atoms with E-state index in [4.69, 9.17) is 0 Å². The van der Waals surface area contributed by atoms with Crippen molar-refractivity contribution >= 4 is 38.9 Å². The highest BCUT2D eigenvalue weighted by atomic mass is 127. The predicted molar refractivity (Wildman–Crippen MR) is 83.3 cm³/mol. The maximum Gasteiger partial charge on any atom is 0.213 e. The van der Waals surface area contributed by atoms with Crippen molar-refractivity contribution in [2.75, 3.05) is 0 Å². The molecule has 0 radical (unpaired) electrons. The van der Waals surface area contributed by atoms with E-state index in [0.717, 1.165) is 45.9 Å². The molecule has 0 unspecified atom stereocenters. The maximum atomic E-state index is 9.93. The van der Waals surface area contributed by atoms with Gasteiger partial charge >= 0.3 is 0 Å². The molecule has 5 nitrogen and oxygen atoms in total. The van der Waals surface area contributed by atoms with Gasteiger partial charge in [-0.15, -0.1) is 0 Å². The van der Waals surface area contributed by atoms with Crippen LogP contribution >= 0.6 is 33.9 Å². The number of halogens is 1. The molecule has 1 fully saturated rings. The average Bonchev–Trinajstić information content (AvgIpc) is 2.91. The Morgan fingerprint density at radius 2 is 2.32 bits per heavy atom. The number of aliphatic hydroxyl groups is 1. The summed E-state index contributed by atoms with van der Waals surface area (Å²) in [4.78, 5) is 5.25. The van der Waals surface area contributed by atoms with Gasteiger partial charge in [0.15, 0.2) is 0 Å². The van der Waals surface area contributed by atoms with Crippen molar-refractivity contribution in [2.24, 2.45) is 0 Å². The Bertz CT molecular complexity index is 569. The minimum absolute atomic E-state index is 0.462. The highest BCUT2D eigenvalue weighted by Crippen LogP contribution is 2.28. The molecule has 0 saturated heterocycles. The summed E-state index contributed by atoms with van der Waals surface area (Å²) in [6.07, 6.45) is 5.66. The van der Waals surface area contributed by atoms with E-state index >= 15 is 0 Å². The van der Waals surface area contributed by atoms with E-state index < -0.39 is 5.60 Å². The number of nitrogens with zero attached hydrogens (tertiary/aromatic N) is 3. The highest BCUT2D eigenvalue weighted by Gasteiger charge is 2.28. The summed E-state index contributed by atoms with van der Waals surface area (Å²) < 4.78 is 2.93. The third kappa shape index (κ3) is 3.09. The minimum atomic E-state index is -0.462. The van der Waals surface area contributed by atoms with Gasteiger partial charge in [0.25, 0.3) is 0 Å². The van der Waals surface area contributed by atoms with Crippen LogP contribution < -0.4 is 5.32 Å². The SMILES string of the molecule is CC1(O)CCC(NCc2nn3c(I)cnc3s2)CC1. The van der Waals surface area contributed by atoms with Crippen LogP contribution in [0.4, 0.5) is 0 Å². The Morgan fingerprint density at radius 1 is 1.58 bits per heavy atom. The first-order valence-electron chi connectivity index (χ1n) is 6.48. The summed E-state index contributed by atoms with van der Waals surface area (Å²) in [7, 11) is 0. The van der Waals surface area contributed by atoms with Gasteiger partial charge in [-0.3, -0.25) is 0 Å². The van der Waals surface area contributed by atoms with Crippen molar-refractivity contribution < 1.29 is 5.11 Å². The lowest BCUT2D eigenvalue weighted by atomic mass is 9.84. The molecule has 19 heavy (non-hydrogen) atoms. The van der Waals surface area contributed by atoms with Crippen LogP contribution in [0.2, 0.25) is 0 Å². The summed E-state index contributed by atoms with van der Waals surface area (Å²) in [5.74, 6) is 0. The molecule has 1 aliphatic rings. The zero-order chi connectivity index (χ0) is 13.5. The van der Waals surface area contributed by atoms with E-state index in [1.165, 1.54) is 0 Å². The van der Waals surface area contributed by atoms with Crippen LogP contribution in [-0.4, -0.2) is 31.3 Å². The Hall–Kier alpha value is -0.250. The molecule has 0 spiro atoms. The van der Waals surface area contributed by atoms with E-state index in [1.54, 1.807) is 11.3 Å². The second kappa shape index (κ2) is 5.27. The molecule has 2 aromatic heterocycles. The minimum Gasteiger partial charge on any atom is -0.390 e. The number of hydrogen-bond donors (Lipinski definition) is 2. The van der Waals surface area contributed by atoms with Gasteiger partial charge in [-0.05, 0) is 55.2 Å². The molecule has 0 aliphatic heterocycles. The molecule has 0 bridgehead atoms. The van der Waals surface area contributed by atoms with Gasteiger partial charge in [-0.2, -0.15) is 9.61 Å². The first-order chi connectivity index (χ1) is 9.03. The Kier molecular flexibility index (Phi) is 3.80. The van der Waals surface area contributed by atoms with E-state index in [-0.39, 0.29) is 0 Å². The molecule has 0 aromatic carbocycles. The van der Waals surface area contributed by atoms with Crippen molar-refractivity contribution in [2.45, 2.75) is 50.8 Å². The lowest BCUT2D eigenvalue weighted by Gasteiger charge is -2.33. The number of imidazole rings is 1. The van der Waals surface area contributed by atoms with Crippen LogP contribution in [0, 0.1) is 3.70 Å². The van der Waals surface area contributed by atoms with Crippen molar-refractivity contribution in [3.8, 4) is 0 Å². The summed E-state index contributed by atoms with van der Waals surface area (Å²) in [6, 6.07) is 0.496. The number of aromatic nitrogens is 3. The molecular formula is C12H17IN4OS. The second-order valence-electron chi connectivity index (χ2n) is 5.42. The van der Waals surface area contributed by atoms with Crippen LogP contribution in [0.15, 0.2) is 6.20 Å².